The van der Waals surface area contributed by atoms with Crippen molar-refractivity contribution in [2.45, 2.75) is 83.0 Å². The molecular weight excluding hydrogens is 296 g/mol. The number of aliphatic hydroxyl groups is 3. The van der Waals surface area contributed by atoms with E-state index in [2.05, 4.69) is 0 Å². The summed E-state index contributed by atoms with van der Waals surface area (Å²) in [5, 5.41) is 37.8. The van der Waals surface area contributed by atoms with Gasteiger partial charge in [0.25, 0.3) is 0 Å². The first-order valence-corrected chi connectivity index (χ1v) is 8.56. The van der Waals surface area contributed by atoms with E-state index in [4.69, 9.17) is 5.11 Å². The van der Waals surface area contributed by atoms with Gasteiger partial charge < -0.3 is 20.4 Å². The second-order valence-electron chi connectivity index (χ2n) is 5.83. The first kappa shape index (κ1) is 21.8. The average molecular weight is 328 g/mol. The summed E-state index contributed by atoms with van der Waals surface area (Å²) in [5.74, 6) is -0.761. The number of carboxylic acids is 1. The number of carbonyl (C=O) groups is 1. The Morgan fingerprint density at radius 1 is 0.957 bits per heavy atom. The lowest BCUT2D eigenvalue weighted by atomic mass is 10.0. The molecule has 0 unspecified atom stereocenters. The van der Waals surface area contributed by atoms with Crippen molar-refractivity contribution in [3.05, 3.63) is 24.3 Å². The molecule has 0 aromatic carbocycles. The molecule has 0 aliphatic heterocycles. The van der Waals surface area contributed by atoms with Crippen molar-refractivity contribution in [2.24, 2.45) is 0 Å². The number of aliphatic hydroxyl groups excluding tert-OH is 3. The van der Waals surface area contributed by atoms with Crippen LogP contribution in [0.3, 0.4) is 0 Å². The molecule has 0 heterocycles. The lowest BCUT2D eigenvalue weighted by molar-refractivity contribution is -0.137. The molecule has 5 heteroatoms. The van der Waals surface area contributed by atoms with Crippen LogP contribution < -0.4 is 0 Å². The van der Waals surface area contributed by atoms with E-state index >= 15 is 0 Å². The van der Waals surface area contributed by atoms with Crippen molar-refractivity contribution < 1.29 is 25.2 Å². The molecule has 0 bridgehead atoms. The Morgan fingerprint density at radius 3 is 2.26 bits per heavy atom. The van der Waals surface area contributed by atoms with Gasteiger partial charge >= 0.3 is 5.97 Å². The van der Waals surface area contributed by atoms with Gasteiger partial charge in [-0.3, -0.25) is 4.79 Å². The predicted molar refractivity (Wildman–Crippen MR) is 91.2 cm³/mol. The second-order valence-corrected chi connectivity index (χ2v) is 5.83. The Labute approximate surface area is 139 Å². The smallest absolute Gasteiger partial charge is 0.303 e. The van der Waals surface area contributed by atoms with Crippen LogP contribution in [0.4, 0.5) is 0 Å². The zero-order chi connectivity index (χ0) is 17.5. The summed E-state index contributed by atoms with van der Waals surface area (Å²) in [6.07, 6.45) is 10.7. The number of hydrogen-bond donors (Lipinski definition) is 4. The van der Waals surface area contributed by atoms with E-state index in [0.717, 1.165) is 32.1 Å². The molecule has 23 heavy (non-hydrogen) atoms. The van der Waals surface area contributed by atoms with Gasteiger partial charge in [0.1, 0.15) is 0 Å². The molecule has 134 valence electrons. The maximum atomic E-state index is 10.3. The SMILES string of the molecule is CC/C=C\C[C@@H](O)/C=C/[C@@H](O)[C@H](O)CCCCCCCC(=O)O. The summed E-state index contributed by atoms with van der Waals surface area (Å²) in [4.78, 5) is 10.3. The molecule has 0 fully saturated rings. The molecule has 0 amide bonds. The van der Waals surface area contributed by atoms with E-state index in [1.54, 1.807) is 0 Å². The van der Waals surface area contributed by atoms with Crippen LogP contribution in [-0.2, 0) is 4.79 Å². The highest BCUT2D eigenvalue weighted by Gasteiger charge is 2.13. The Bertz CT molecular complexity index is 351. The summed E-state index contributed by atoms with van der Waals surface area (Å²) in [6, 6.07) is 0. The predicted octanol–water partition coefficient (Wildman–Crippen LogP) is 2.80. The van der Waals surface area contributed by atoms with Gasteiger partial charge in [-0.25, -0.2) is 0 Å². The highest BCUT2D eigenvalue weighted by Crippen LogP contribution is 2.11. The minimum absolute atomic E-state index is 0.210. The summed E-state index contributed by atoms with van der Waals surface area (Å²) in [5.41, 5.74) is 0. The molecule has 4 N–H and O–H groups in total. The second kappa shape index (κ2) is 14.4. The molecule has 0 aromatic heterocycles. The summed E-state index contributed by atoms with van der Waals surface area (Å²) < 4.78 is 0. The van der Waals surface area contributed by atoms with Crippen LogP contribution >= 0.6 is 0 Å². The van der Waals surface area contributed by atoms with Crippen LogP contribution in [0.5, 0.6) is 0 Å². The van der Waals surface area contributed by atoms with E-state index < -0.39 is 24.3 Å². The van der Waals surface area contributed by atoms with E-state index in [-0.39, 0.29) is 6.42 Å². The lowest BCUT2D eigenvalue weighted by Gasteiger charge is -2.14. The fourth-order valence-electron chi connectivity index (χ4n) is 2.18. The molecule has 5 nitrogen and oxygen atoms in total. The van der Waals surface area contributed by atoms with Crippen LogP contribution in [0.25, 0.3) is 0 Å². The maximum absolute atomic E-state index is 10.3. The molecule has 0 spiro atoms. The molecule has 3 atom stereocenters. The fourth-order valence-corrected chi connectivity index (χ4v) is 2.18. The molecule has 0 saturated heterocycles. The average Bonchev–Trinajstić information content (AvgIpc) is 2.51. The molecule has 0 rings (SSSR count). The minimum Gasteiger partial charge on any atom is -0.481 e. The molecule has 0 aromatic rings. The van der Waals surface area contributed by atoms with Crippen LogP contribution in [0.2, 0.25) is 0 Å². The number of carboxylic acid groups (broad SMARTS) is 1. The maximum Gasteiger partial charge on any atom is 0.303 e. The quantitative estimate of drug-likeness (QED) is 0.290. The van der Waals surface area contributed by atoms with E-state index in [1.165, 1.54) is 12.2 Å². The Morgan fingerprint density at radius 2 is 1.61 bits per heavy atom. The van der Waals surface area contributed by atoms with Crippen LogP contribution in [0.1, 0.15) is 64.7 Å². The summed E-state index contributed by atoms with van der Waals surface area (Å²) in [7, 11) is 0. The number of allylic oxidation sites excluding steroid dienone is 1. The Kier molecular flexibility index (Phi) is 13.7. The number of hydrogen-bond acceptors (Lipinski definition) is 4. The Hall–Kier alpha value is -1.17. The van der Waals surface area contributed by atoms with E-state index in [0.29, 0.717) is 19.3 Å². The van der Waals surface area contributed by atoms with Gasteiger partial charge in [-0.2, -0.15) is 0 Å². The molecule has 0 aliphatic rings. The van der Waals surface area contributed by atoms with Crippen molar-refractivity contribution in [3.8, 4) is 0 Å². The third kappa shape index (κ3) is 14.2. The van der Waals surface area contributed by atoms with Gasteiger partial charge in [0, 0.05) is 6.42 Å². The lowest BCUT2D eigenvalue weighted by Crippen LogP contribution is -2.24. The molecule has 0 saturated carbocycles. The number of aliphatic carboxylic acids is 1. The zero-order valence-corrected chi connectivity index (χ0v) is 14.1. The first-order valence-electron chi connectivity index (χ1n) is 8.56. The van der Waals surface area contributed by atoms with Crippen molar-refractivity contribution in [1.82, 2.24) is 0 Å². The fraction of sp³-hybridized carbons (Fsp3) is 0.722. The van der Waals surface area contributed by atoms with Gasteiger partial charge in [-0.1, -0.05) is 56.9 Å². The van der Waals surface area contributed by atoms with Crippen LogP contribution in [0.15, 0.2) is 24.3 Å². The van der Waals surface area contributed by atoms with Crippen molar-refractivity contribution in [3.63, 3.8) is 0 Å². The highest BCUT2D eigenvalue weighted by molar-refractivity contribution is 5.66. The number of rotatable bonds is 14. The minimum atomic E-state index is -0.966. The van der Waals surface area contributed by atoms with Crippen LogP contribution in [0, 0.1) is 0 Å². The zero-order valence-electron chi connectivity index (χ0n) is 14.1. The molecular formula is C18H32O5. The number of unbranched alkanes of at least 4 members (excludes halogenated alkanes) is 4. The summed E-state index contributed by atoms with van der Waals surface area (Å²) >= 11 is 0. The van der Waals surface area contributed by atoms with Crippen molar-refractivity contribution >= 4 is 5.97 Å². The van der Waals surface area contributed by atoms with Gasteiger partial charge in [-0.15, -0.1) is 0 Å². The molecule has 0 radical (unpaired) electrons. The molecule has 0 aliphatic carbocycles. The van der Waals surface area contributed by atoms with Crippen LogP contribution in [-0.4, -0.2) is 44.7 Å². The van der Waals surface area contributed by atoms with Crippen molar-refractivity contribution in [2.75, 3.05) is 0 Å². The normalized spacial score (nSPS) is 16.0. The summed E-state index contributed by atoms with van der Waals surface area (Å²) in [6.45, 7) is 2.02. The van der Waals surface area contributed by atoms with E-state index in [9.17, 15) is 20.1 Å². The highest BCUT2D eigenvalue weighted by atomic mass is 16.4. The van der Waals surface area contributed by atoms with Gasteiger partial charge in [0.15, 0.2) is 0 Å². The largest absolute Gasteiger partial charge is 0.481 e. The van der Waals surface area contributed by atoms with E-state index in [1.807, 2.05) is 19.1 Å². The van der Waals surface area contributed by atoms with Gasteiger partial charge in [0.2, 0.25) is 0 Å². The monoisotopic (exact) mass is 328 g/mol. The standard InChI is InChI=1S/C18H32O5/c1-2-3-7-10-15(19)13-14-17(21)16(20)11-8-5-4-6-9-12-18(22)23/h3,7,13-17,19-21H,2,4-6,8-12H2,1H3,(H,22,23)/b7-3-,14-13+/t15-,16-,17-/m1/s1. The van der Waals surface area contributed by atoms with Crippen molar-refractivity contribution in [1.29, 1.82) is 0 Å². The third-order valence-corrected chi connectivity index (χ3v) is 3.60. The van der Waals surface area contributed by atoms with Gasteiger partial charge in [-0.05, 0) is 25.7 Å². The first-order chi connectivity index (χ1) is 11.0. The third-order valence-electron chi connectivity index (χ3n) is 3.60. The van der Waals surface area contributed by atoms with Gasteiger partial charge in [0.05, 0.1) is 18.3 Å². The topological polar surface area (TPSA) is 98.0 Å². The Balaban J connectivity index is 3.74.